The molecule has 1 amide bonds. The Labute approximate surface area is 74.4 Å². The maximum atomic E-state index is 10.7. The second-order valence-electron chi connectivity index (χ2n) is 2.00. The summed E-state index contributed by atoms with van der Waals surface area (Å²) >= 11 is 5.27. The zero-order valence-corrected chi connectivity index (χ0v) is 7.25. The molecule has 0 fully saturated rings. The molecular formula is C6H10ClNO4. The molecular weight excluding hydrogens is 186 g/mol. The highest BCUT2D eigenvalue weighted by molar-refractivity contribution is 6.32. The van der Waals surface area contributed by atoms with E-state index in [4.69, 9.17) is 22.4 Å². The number of esters is 1. The van der Waals surface area contributed by atoms with E-state index in [0.29, 0.717) is 0 Å². The molecule has 0 bridgehead atoms. The van der Waals surface area contributed by atoms with E-state index in [1.54, 1.807) is 6.92 Å². The molecule has 0 aliphatic rings. The first-order chi connectivity index (χ1) is 5.50. The summed E-state index contributed by atoms with van der Waals surface area (Å²) in [6.07, 6.45) is -1.69. The van der Waals surface area contributed by atoms with E-state index in [1.807, 2.05) is 0 Å². The van der Waals surface area contributed by atoms with Crippen molar-refractivity contribution in [3.05, 3.63) is 0 Å². The van der Waals surface area contributed by atoms with Crippen LogP contribution in [0, 0.1) is 0 Å². The van der Waals surface area contributed by atoms with Crippen LogP contribution in [0.2, 0.25) is 0 Å². The summed E-state index contributed by atoms with van der Waals surface area (Å²) in [6.45, 7) is 1.68. The zero-order valence-electron chi connectivity index (χ0n) is 6.49. The van der Waals surface area contributed by atoms with Gasteiger partial charge in [-0.15, -0.1) is 11.6 Å². The average Bonchev–Trinajstić information content (AvgIpc) is 2.02. The van der Waals surface area contributed by atoms with Crippen LogP contribution in [0.1, 0.15) is 6.92 Å². The zero-order chi connectivity index (χ0) is 9.72. The first-order valence-corrected chi connectivity index (χ1v) is 3.72. The second kappa shape index (κ2) is 4.95. The predicted molar refractivity (Wildman–Crippen MR) is 41.5 cm³/mol. The van der Waals surface area contributed by atoms with Crippen LogP contribution in [0.3, 0.4) is 0 Å². The van der Waals surface area contributed by atoms with E-state index in [0.717, 1.165) is 0 Å². The molecule has 0 saturated carbocycles. The fraction of sp³-hybridized carbons (Fsp3) is 0.667. The Hall–Kier alpha value is -0.810. The predicted octanol–water partition coefficient (Wildman–Crippen LogP) is -0.997. The number of aliphatic hydroxyl groups excluding tert-OH is 1. The van der Waals surface area contributed by atoms with E-state index < -0.39 is 23.4 Å². The molecule has 12 heavy (non-hydrogen) atoms. The first-order valence-electron chi connectivity index (χ1n) is 3.28. The van der Waals surface area contributed by atoms with Crippen molar-refractivity contribution in [2.75, 3.05) is 6.61 Å². The summed E-state index contributed by atoms with van der Waals surface area (Å²) in [4.78, 5) is 21.1. The Morgan fingerprint density at radius 3 is 2.50 bits per heavy atom. The van der Waals surface area contributed by atoms with Crippen molar-refractivity contribution in [2.24, 2.45) is 5.73 Å². The van der Waals surface area contributed by atoms with Crippen LogP contribution in [0.4, 0.5) is 0 Å². The minimum atomic E-state index is -1.69. The number of rotatable bonds is 4. The summed E-state index contributed by atoms with van der Waals surface area (Å²) in [5.74, 6) is -1.91. The van der Waals surface area contributed by atoms with Gasteiger partial charge in [0.1, 0.15) is 5.38 Å². The van der Waals surface area contributed by atoms with Crippen molar-refractivity contribution in [1.29, 1.82) is 0 Å². The largest absolute Gasteiger partial charge is 0.464 e. The van der Waals surface area contributed by atoms with Crippen molar-refractivity contribution < 1.29 is 19.4 Å². The van der Waals surface area contributed by atoms with Gasteiger partial charge >= 0.3 is 5.97 Å². The fourth-order valence-electron chi connectivity index (χ4n) is 0.503. The van der Waals surface area contributed by atoms with Crippen LogP contribution in [-0.2, 0) is 14.3 Å². The number of ether oxygens (including phenoxy) is 1. The van der Waals surface area contributed by atoms with Crippen LogP contribution >= 0.6 is 11.6 Å². The number of hydrogen-bond acceptors (Lipinski definition) is 4. The third kappa shape index (κ3) is 3.06. The Morgan fingerprint density at radius 1 is 1.67 bits per heavy atom. The molecule has 0 saturated heterocycles. The van der Waals surface area contributed by atoms with E-state index in [1.165, 1.54) is 0 Å². The summed E-state index contributed by atoms with van der Waals surface area (Å²) in [6, 6.07) is 0. The first kappa shape index (κ1) is 11.2. The lowest BCUT2D eigenvalue weighted by molar-refractivity contribution is -0.154. The van der Waals surface area contributed by atoms with Crippen molar-refractivity contribution in [3.8, 4) is 0 Å². The summed E-state index contributed by atoms with van der Waals surface area (Å²) in [5, 5.41) is 7.54. The SMILES string of the molecule is CCOC(=O)[C@@H](O)[C@@H](Cl)C(N)=O. The molecule has 6 heteroatoms. The summed E-state index contributed by atoms with van der Waals surface area (Å²) in [7, 11) is 0. The van der Waals surface area contributed by atoms with Gasteiger partial charge in [-0.25, -0.2) is 4.79 Å². The monoisotopic (exact) mass is 195 g/mol. The molecule has 0 aromatic rings. The number of hydrogen-bond donors (Lipinski definition) is 2. The molecule has 0 aliphatic carbocycles. The summed E-state index contributed by atoms with van der Waals surface area (Å²) < 4.78 is 4.39. The standard InChI is InChI=1S/C6H10ClNO4/c1-2-12-6(11)4(9)3(7)5(8)10/h3-4,9H,2H2,1H3,(H2,8,10)/t3-,4+/m1/s1. The highest BCUT2D eigenvalue weighted by atomic mass is 35.5. The van der Waals surface area contributed by atoms with Gasteiger partial charge in [-0.05, 0) is 6.92 Å². The van der Waals surface area contributed by atoms with E-state index in [9.17, 15) is 9.59 Å². The molecule has 0 heterocycles. The van der Waals surface area contributed by atoms with Gasteiger partial charge in [-0.2, -0.15) is 0 Å². The molecule has 0 aromatic carbocycles. The van der Waals surface area contributed by atoms with Crippen LogP contribution in [0.5, 0.6) is 0 Å². The molecule has 70 valence electrons. The highest BCUT2D eigenvalue weighted by Crippen LogP contribution is 2.03. The molecule has 0 unspecified atom stereocenters. The third-order valence-electron chi connectivity index (χ3n) is 1.08. The number of primary amides is 1. The Bertz CT molecular complexity index is 184. The quantitative estimate of drug-likeness (QED) is 0.445. The number of halogens is 1. The van der Waals surface area contributed by atoms with Gasteiger partial charge < -0.3 is 15.6 Å². The van der Waals surface area contributed by atoms with Crippen molar-refractivity contribution in [1.82, 2.24) is 0 Å². The van der Waals surface area contributed by atoms with Gasteiger partial charge in [0.05, 0.1) is 6.61 Å². The van der Waals surface area contributed by atoms with Gasteiger partial charge in [0.25, 0.3) is 0 Å². The average molecular weight is 196 g/mol. The van der Waals surface area contributed by atoms with Crippen LogP contribution in [-0.4, -0.2) is 35.1 Å². The Kier molecular flexibility index (Phi) is 4.61. The molecule has 0 aliphatic heterocycles. The van der Waals surface area contributed by atoms with Gasteiger partial charge in [0.15, 0.2) is 6.10 Å². The van der Waals surface area contributed by atoms with E-state index in [-0.39, 0.29) is 6.61 Å². The molecule has 0 aromatic heterocycles. The third-order valence-corrected chi connectivity index (χ3v) is 1.53. The number of amides is 1. The normalized spacial score (nSPS) is 14.9. The fourth-order valence-corrected chi connectivity index (χ4v) is 0.606. The number of aliphatic hydroxyl groups is 1. The smallest absolute Gasteiger partial charge is 0.337 e. The van der Waals surface area contributed by atoms with E-state index in [2.05, 4.69) is 4.74 Å². The second-order valence-corrected chi connectivity index (χ2v) is 2.47. The van der Waals surface area contributed by atoms with Crippen molar-refractivity contribution in [2.45, 2.75) is 18.4 Å². The molecule has 3 N–H and O–H groups in total. The number of carbonyl (C=O) groups is 2. The number of nitrogens with two attached hydrogens (primary N) is 1. The molecule has 0 radical (unpaired) electrons. The Morgan fingerprint density at radius 2 is 2.17 bits per heavy atom. The van der Waals surface area contributed by atoms with Gasteiger partial charge in [-0.1, -0.05) is 0 Å². The summed E-state index contributed by atoms with van der Waals surface area (Å²) in [5.41, 5.74) is 4.73. The lowest BCUT2D eigenvalue weighted by Gasteiger charge is -2.11. The van der Waals surface area contributed by atoms with Crippen LogP contribution in [0.15, 0.2) is 0 Å². The van der Waals surface area contributed by atoms with Gasteiger partial charge in [-0.3, -0.25) is 4.79 Å². The number of alkyl halides is 1. The highest BCUT2D eigenvalue weighted by Gasteiger charge is 2.29. The molecule has 0 rings (SSSR count). The minimum Gasteiger partial charge on any atom is -0.464 e. The maximum absolute atomic E-state index is 10.7. The van der Waals surface area contributed by atoms with Crippen LogP contribution < -0.4 is 5.73 Å². The maximum Gasteiger partial charge on any atom is 0.337 e. The molecule has 5 nitrogen and oxygen atoms in total. The van der Waals surface area contributed by atoms with Gasteiger partial charge in [0.2, 0.25) is 5.91 Å². The molecule has 0 spiro atoms. The topological polar surface area (TPSA) is 89.6 Å². The van der Waals surface area contributed by atoms with Crippen molar-refractivity contribution >= 4 is 23.5 Å². The molecule has 2 atom stereocenters. The lowest BCUT2D eigenvalue weighted by Crippen LogP contribution is -2.40. The van der Waals surface area contributed by atoms with Crippen LogP contribution in [0.25, 0.3) is 0 Å². The number of carbonyl (C=O) groups excluding carboxylic acids is 2. The van der Waals surface area contributed by atoms with E-state index >= 15 is 0 Å². The van der Waals surface area contributed by atoms with Crippen molar-refractivity contribution in [3.63, 3.8) is 0 Å². The lowest BCUT2D eigenvalue weighted by atomic mass is 10.2. The van der Waals surface area contributed by atoms with Gasteiger partial charge in [0, 0.05) is 0 Å². The Balaban J connectivity index is 4.09. The minimum absolute atomic E-state index is 0.109.